The van der Waals surface area contributed by atoms with Crippen LogP contribution in [0.2, 0.25) is 0 Å². The highest BCUT2D eigenvalue weighted by atomic mass is 79.9. The number of rotatable bonds is 2. The number of benzene rings is 1. The Hall–Kier alpha value is -0.210. The third kappa shape index (κ3) is 3.42. The molecule has 0 aliphatic carbocycles. The van der Waals surface area contributed by atoms with Crippen molar-refractivity contribution in [2.75, 3.05) is 13.1 Å². The summed E-state index contributed by atoms with van der Waals surface area (Å²) in [6.07, 6.45) is 2.94. The van der Waals surface area contributed by atoms with Crippen molar-refractivity contribution in [3.05, 3.63) is 28.5 Å². The van der Waals surface area contributed by atoms with E-state index in [4.69, 9.17) is 0 Å². The standard InChI is InChI=1S/C13H16BrFN2O2S.ClH/c14-12-4-3-11(7-13(12)15)20(18,19)17-6-5-9-1-2-10(8-17)16-9;/h3-4,7,9-10,16H,1-2,5-6,8H2;1H. The molecule has 1 aromatic rings. The summed E-state index contributed by atoms with van der Waals surface area (Å²) in [7, 11) is -3.61. The second kappa shape index (κ2) is 6.50. The van der Waals surface area contributed by atoms with E-state index >= 15 is 0 Å². The monoisotopic (exact) mass is 398 g/mol. The van der Waals surface area contributed by atoms with E-state index in [9.17, 15) is 12.8 Å². The highest BCUT2D eigenvalue weighted by Gasteiger charge is 2.35. The van der Waals surface area contributed by atoms with Crippen LogP contribution in [0.3, 0.4) is 0 Å². The Morgan fingerprint density at radius 3 is 2.67 bits per heavy atom. The molecule has 2 fully saturated rings. The molecular formula is C13H17BrClFN2O2S. The van der Waals surface area contributed by atoms with Crippen LogP contribution in [-0.4, -0.2) is 37.9 Å². The summed E-state index contributed by atoms with van der Waals surface area (Å²) in [6.45, 7) is 0.963. The van der Waals surface area contributed by atoms with Crippen molar-refractivity contribution in [2.45, 2.75) is 36.2 Å². The first-order valence-corrected chi connectivity index (χ1v) is 8.91. The molecule has 0 amide bonds. The Labute approximate surface area is 138 Å². The predicted molar refractivity (Wildman–Crippen MR) is 84.7 cm³/mol. The van der Waals surface area contributed by atoms with E-state index < -0.39 is 15.8 Å². The summed E-state index contributed by atoms with van der Waals surface area (Å²) < 4.78 is 40.5. The molecule has 2 aliphatic rings. The van der Waals surface area contributed by atoms with Crippen LogP contribution in [0.15, 0.2) is 27.6 Å². The van der Waals surface area contributed by atoms with Crippen LogP contribution in [0.4, 0.5) is 4.39 Å². The second-order valence-electron chi connectivity index (χ2n) is 5.37. The largest absolute Gasteiger partial charge is 0.310 e. The van der Waals surface area contributed by atoms with Gasteiger partial charge in [-0.1, -0.05) is 0 Å². The number of hydrogen-bond donors (Lipinski definition) is 1. The minimum Gasteiger partial charge on any atom is -0.310 e. The van der Waals surface area contributed by atoms with E-state index in [0.717, 1.165) is 25.3 Å². The molecule has 1 aromatic carbocycles. The van der Waals surface area contributed by atoms with Gasteiger partial charge in [-0.05, 0) is 53.4 Å². The van der Waals surface area contributed by atoms with Gasteiger partial charge in [0.2, 0.25) is 10.0 Å². The lowest BCUT2D eigenvalue weighted by atomic mass is 10.1. The van der Waals surface area contributed by atoms with Gasteiger partial charge >= 0.3 is 0 Å². The van der Waals surface area contributed by atoms with Crippen LogP contribution in [-0.2, 0) is 10.0 Å². The maximum absolute atomic E-state index is 13.6. The van der Waals surface area contributed by atoms with Crippen LogP contribution in [0.1, 0.15) is 19.3 Å². The molecule has 3 rings (SSSR count). The quantitative estimate of drug-likeness (QED) is 0.831. The maximum Gasteiger partial charge on any atom is 0.243 e. The lowest BCUT2D eigenvalue weighted by molar-refractivity contribution is 0.383. The average molecular weight is 400 g/mol. The highest BCUT2D eigenvalue weighted by molar-refractivity contribution is 9.10. The molecule has 2 bridgehead atoms. The lowest BCUT2D eigenvalue weighted by Gasteiger charge is -2.23. The van der Waals surface area contributed by atoms with Crippen molar-refractivity contribution in [1.29, 1.82) is 0 Å². The molecule has 0 aromatic heterocycles. The minimum atomic E-state index is -3.61. The number of hydrogen-bond acceptors (Lipinski definition) is 3. The summed E-state index contributed by atoms with van der Waals surface area (Å²) in [5, 5.41) is 3.44. The zero-order valence-corrected chi connectivity index (χ0v) is 14.5. The Bertz CT molecular complexity index is 629. The molecule has 0 spiro atoms. The van der Waals surface area contributed by atoms with Gasteiger partial charge in [-0.25, -0.2) is 12.8 Å². The van der Waals surface area contributed by atoms with Crippen molar-refractivity contribution < 1.29 is 12.8 Å². The Balaban J connectivity index is 0.00000161. The fourth-order valence-corrected chi connectivity index (χ4v) is 4.67. The van der Waals surface area contributed by atoms with Gasteiger partial charge in [-0.2, -0.15) is 4.31 Å². The van der Waals surface area contributed by atoms with E-state index in [0.29, 0.717) is 19.1 Å². The zero-order chi connectivity index (χ0) is 14.3. The molecule has 2 aliphatic heterocycles. The van der Waals surface area contributed by atoms with Crippen molar-refractivity contribution in [2.24, 2.45) is 0 Å². The maximum atomic E-state index is 13.6. The molecule has 1 N–H and O–H groups in total. The molecule has 2 heterocycles. The predicted octanol–water partition coefficient (Wildman–Crippen LogP) is 2.53. The van der Waals surface area contributed by atoms with E-state index in [2.05, 4.69) is 21.2 Å². The molecule has 0 saturated carbocycles. The summed E-state index contributed by atoms with van der Waals surface area (Å²) in [5.74, 6) is -0.555. The number of halogens is 3. The molecule has 2 unspecified atom stereocenters. The third-order valence-electron chi connectivity index (χ3n) is 4.01. The van der Waals surface area contributed by atoms with Gasteiger partial charge in [0.25, 0.3) is 0 Å². The van der Waals surface area contributed by atoms with Crippen molar-refractivity contribution >= 4 is 38.4 Å². The first-order chi connectivity index (χ1) is 9.46. The molecule has 0 radical (unpaired) electrons. The van der Waals surface area contributed by atoms with Crippen molar-refractivity contribution in [3.8, 4) is 0 Å². The molecule has 8 heteroatoms. The van der Waals surface area contributed by atoms with Crippen LogP contribution in [0.5, 0.6) is 0 Å². The van der Waals surface area contributed by atoms with E-state index in [1.54, 1.807) is 0 Å². The second-order valence-corrected chi connectivity index (χ2v) is 8.16. The molecule has 118 valence electrons. The molecule has 21 heavy (non-hydrogen) atoms. The van der Waals surface area contributed by atoms with Gasteiger partial charge in [0, 0.05) is 25.2 Å². The van der Waals surface area contributed by atoms with Crippen LogP contribution < -0.4 is 5.32 Å². The Morgan fingerprint density at radius 2 is 1.95 bits per heavy atom. The Kier molecular flexibility index (Phi) is 5.31. The number of fused-ring (bicyclic) bond motifs is 2. The van der Waals surface area contributed by atoms with Gasteiger partial charge in [0.1, 0.15) is 5.82 Å². The van der Waals surface area contributed by atoms with Crippen molar-refractivity contribution in [1.82, 2.24) is 9.62 Å². The average Bonchev–Trinajstić information content (AvgIpc) is 2.71. The Morgan fingerprint density at radius 1 is 1.24 bits per heavy atom. The highest BCUT2D eigenvalue weighted by Crippen LogP contribution is 2.26. The van der Waals surface area contributed by atoms with E-state index in [1.807, 2.05) is 0 Å². The number of nitrogens with one attached hydrogen (secondary N) is 1. The van der Waals surface area contributed by atoms with E-state index in [1.165, 1.54) is 16.4 Å². The SMILES string of the molecule is Cl.O=S(=O)(c1ccc(Br)c(F)c1)N1CCC2CCC(C1)N2. The number of sulfonamides is 1. The molecule has 2 atom stereocenters. The minimum absolute atomic E-state index is 0. The first kappa shape index (κ1) is 17.1. The summed E-state index contributed by atoms with van der Waals surface area (Å²) in [6, 6.07) is 4.60. The summed E-state index contributed by atoms with van der Waals surface area (Å²) in [4.78, 5) is 0.0240. The fraction of sp³-hybridized carbons (Fsp3) is 0.538. The molecule has 2 saturated heterocycles. The lowest BCUT2D eigenvalue weighted by Crippen LogP contribution is -2.39. The summed E-state index contributed by atoms with van der Waals surface area (Å²) >= 11 is 3.04. The van der Waals surface area contributed by atoms with E-state index in [-0.39, 0.29) is 27.8 Å². The zero-order valence-electron chi connectivity index (χ0n) is 11.3. The topological polar surface area (TPSA) is 49.4 Å². The summed E-state index contributed by atoms with van der Waals surface area (Å²) in [5.41, 5.74) is 0. The van der Waals surface area contributed by atoms with Gasteiger partial charge in [0.05, 0.1) is 9.37 Å². The van der Waals surface area contributed by atoms with Gasteiger partial charge in [-0.3, -0.25) is 0 Å². The molecule has 4 nitrogen and oxygen atoms in total. The van der Waals surface area contributed by atoms with Crippen molar-refractivity contribution in [3.63, 3.8) is 0 Å². The molecular weight excluding hydrogens is 383 g/mol. The van der Waals surface area contributed by atoms with Crippen LogP contribution >= 0.6 is 28.3 Å². The van der Waals surface area contributed by atoms with Gasteiger partial charge in [-0.15, -0.1) is 12.4 Å². The van der Waals surface area contributed by atoms with Gasteiger partial charge < -0.3 is 5.32 Å². The van der Waals surface area contributed by atoms with Crippen LogP contribution in [0, 0.1) is 5.82 Å². The first-order valence-electron chi connectivity index (χ1n) is 6.68. The normalized spacial score (nSPS) is 26.2. The fourth-order valence-electron chi connectivity index (χ4n) is 2.92. The van der Waals surface area contributed by atoms with Crippen LogP contribution in [0.25, 0.3) is 0 Å². The van der Waals surface area contributed by atoms with Gasteiger partial charge in [0.15, 0.2) is 0 Å². The smallest absolute Gasteiger partial charge is 0.243 e. The third-order valence-corrected chi connectivity index (χ3v) is 6.52. The number of nitrogens with zero attached hydrogens (tertiary/aromatic N) is 1.